The van der Waals surface area contributed by atoms with E-state index in [4.69, 9.17) is 11.6 Å². The average molecular weight is 428 g/mol. The lowest BCUT2D eigenvalue weighted by Crippen LogP contribution is -2.41. The molecule has 2 aliphatic rings. The van der Waals surface area contributed by atoms with Crippen molar-refractivity contribution in [2.24, 2.45) is 5.92 Å². The minimum Gasteiger partial charge on any atom is -0.362 e. The van der Waals surface area contributed by atoms with Crippen molar-refractivity contribution in [1.82, 2.24) is 15.3 Å². The predicted molar refractivity (Wildman–Crippen MR) is 121 cm³/mol. The van der Waals surface area contributed by atoms with Gasteiger partial charge in [-0.2, -0.15) is 4.98 Å². The lowest BCUT2D eigenvalue weighted by molar-refractivity contribution is -0.123. The highest BCUT2D eigenvalue weighted by Gasteiger charge is 2.44. The maximum atomic E-state index is 12.7. The summed E-state index contributed by atoms with van der Waals surface area (Å²) in [6.45, 7) is 2.02. The highest BCUT2D eigenvalue weighted by atomic mass is 35.5. The SMILES string of the molecule is Cc1cnc(N[C@H]2CC[C@@H](NC(=O)C3CC3c3ccc(Cl)cc3)CC2)nc1N(C)C. The molecule has 2 aromatic rings. The van der Waals surface area contributed by atoms with E-state index in [-0.39, 0.29) is 17.9 Å². The van der Waals surface area contributed by atoms with E-state index < -0.39 is 0 Å². The minimum absolute atomic E-state index is 0.104. The van der Waals surface area contributed by atoms with Crippen LogP contribution in [0.1, 0.15) is 49.1 Å². The second kappa shape index (κ2) is 8.80. The second-order valence-electron chi connectivity index (χ2n) is 8.80. The van der Waals surface area contributed by atoms with Gasteiger partial charge in [0, 0.05) is 48.9 Å². The number of aryl methyl sites for hydroxylation is 1. The molecule has 0 bridgehead atoms. The van der Waals surface area contributed by atoms with Crippen LogP contribution < -0.4 is 15.5 Å². The molecule has 2 saturated carbocycles. The topological polar surface area (TPSA) is 70.1 Å². The quantitative estimate of drug-likeness (QED) is 0.724. The fourth-order valence-corrected chi connectivity index (χ4v) is 4.52. The molecule has 6 nitrogen and oxygen atoms in total. The Bertz CT molecular complexity index is 893. The van der Waals surface area contributed by atoms with Crippen molar-refractivity contribution in [2.45, 2.75) is 57.0 Å². The molecule has 7 heteroatoms. The van der Waals surface area contributed by atoms with E-state index in [1.54, 1.807) is 0 Å². The van der Waals surface area contributed by atoms with E-state index in [9.17, 15) is 4.79 Å². The molecule has 2 unspecified atom stereocenters. The third-order valence-electron chi connectivity index (χ3n) is 6.20. The third kappa shape index (κ3) is 4.86. The molecule has 0 spiro atoms. The van der Waals surface area contributed by atoms with Crippen molar-refractivity contribution < 1.29 is 4.79 Å². The predicted octanol–water partition coefficient (Wildman–Crippen LogP) is 4.15. The van der Waals surface area contributed by atoms with Crippen LogP contribution in [-0.4, -0.2) is 42.1 Å². The smallest absolute Gasteiger partial charge is 0.224 e. The Labute approximate surface area is 183 Å². The molecule has 2 N–H and O–H groups in total. The first-order valence-electron chi connectivity index (χ1n) is 10.7. The minimum atomic E-state index is 0.104. The van der Waals surface area contributed by atoms with Gasteiger partial charge in [-0.05, 0) is 62.6 Å². The fourth-order valence-electron chi connectivity index (χ4n) is 4.39. The van der Waals surface area contributed by atoms with Gasteiger partial charge in [-0.25, -0.2) is 4.98 Å². The van der Waals surface area contributed by atoms with E-state index in [0.717, 1.165) is 48.5 Å². The van der Waals surface area contributed by atoms with Crippen LogP contribution in [0, 0.1) is 12.8 Å². The Hall–Kier alpha value is -2.34. The number of halogens is 1. The average Bonchev–Trinajstić information content (AvgIpc) is 3.52. The van der Waals surface area contributed by atoms with E-state index >= 15 is 0 Å². The molecule has 2 fully saturated rings. The first-order chi connectivity index (χ1) is 14.4. The summed E-state index contributed by atoms with van der Waals surface area (Å²) in [5.41, 5.74) is 2.27. The number of carbonyl (C=O) groups is 1. The summed E-state index contributed by atoms with van der Waals surface area (Å²) < 4.78 is 0. The van der Waals surface area contributed by atoms with Crippen molar-refractivity contribution in [3.05, 3.63) is 46.6 Å². The lowest BCUT2D eigenvalue weighted by atomic mass is 9.91. The molecule has 1 heterocycles. The van der Waals surface area contributed by atoms with Crippen molar-refractivity contribution in [3.63, 3.8) is 0 Å². The van der Waals surface area contributed by atoms with Crippen molar-refractivity contribution in [2.75, 3.05) is 24.3 Å². The van der Waals surface area contributed by atoms with Gasteiger partial charge in [0.2, 0.25) is 11.9 Å². The Morgan fingerprint density at radius 1 is 1.10 bits per heavy atom. The Morgan fingerprint density at radius 3 is 2.43 bits per heavy atom. The first-order valence-corrected chi connectivity index (χ1v) is 11.1. The van der Waals surface area contributed by atoms with Crippen LogP contribution in [0.15, 0.2) is 30.5 Å². The second-order valence-corrected chi connectivity index (χ2v) is 9.23. The van der Waals surface area contributed by atoms with Crippen molar-refractivity contribution in [1.29, 1.82) is 0 Å². The summed E-state index contributed by atoms with van der Waals surface area (Å²) in [7, 11) is 3.98. The highest BCUT2D eigenvalue weighted by Crippen LogP contribution is 2.47. The fraction of sp³-hybridized carbons (Fsp3) is 0.522. The number of nitrogens with zero attached hydrogens (tertiary/aromatic N) is 3. The number of anilines is 2. The summed E-state index contributed by atoms with van der Waals surface area (Å²) in [4.78, 5) is 23.7. The lowest BCUT2D eigenvalue weighted by Gasteiger charge is -2.30. The van der Waals surface area contributed by atoms with Gasteiger partial charge in [-0.3, -0.25) is 4.79 Å². The number of hydrogen-bond acceptors (Lipinski definition) is 5. The largest absolute Gasteiger partial charge is 0.362 e. The summed E-state index contributed by atoms with van der Waals surface area (Å²) in [5, 5.41) is 7.49. The number of nitrogens with one attached hydrogen (secondary N) is 2. The zero-order chi connectivity index (χ0) is 21.3. The number of hydrogen-bond donors (Lipinski definition) is 2. The van der Waals surface area contributed by atoms with Gasteiger partial charge in [0.25, 0.3) is 0 Å². The molecule has 0 saturated heterocycles. The molecule has 1 aromatic carbocycles. The van der Waals surface area contributed by atoms with Crippen LogP contribution in [-0.2, 0) is 4.79 Å². The van der Waals surface area contributed by atoms with Gasteiger partial charge in [-0.15, -0.1) is 0 Å². The number of amides is 1. The molecule has 160 valence electrons. The molecule has 30 heavy (non-hydrogen) atoms. The van der Waals surface area contributed by atoms with Gasteiger partial charge in [0.05, 0.1) is 0 Å². The van der Waals surface area contributed by atoms with Crippen molar-refractivity contribution in [3.8, 4) is 0 Å². The summed E-state index contributed by atoms with van der Waals surface area (Å²) in [6, 6.07) is 8.48. The Kier molecular flexibility index (Phi) is 6.14. The highest BCUT2D eigenvalue weighted by molar-refractivity contribution is 6.30. The molecule has 2 aliphatic carbocycles. The Morgan fingerprint density at radius 2 is 1.77 bits per heavy atom. The molecular formula is C23H30ClN5O. The van der Waals surface area contributed by atoms with E-state index in [0.29, 0.717) is 17.9 Å². The van der Waals surface area contributed by atoms with Crippen LogP contribution in [0.4, 0.5) is 11.8 Å². The van der Waals surface area contributed by atoms with Gasteiger partial charge in [-0.1, -0.05) is 23.7 Å². The third-order valence-corrected chi connectivity index (χ3v) is 6.45. The zero-order valence-corrected chi connectivity index (χ0v) is 18.6. The van der Waals surface area contributed by atoms with Crippen LogP contribution in [0.25, 0.3) is 0 Å². The van der Waals surface area contributed by atoms with Gasteiger partial charge >= 0.3 is 0 Å². The number of benzene rings is 1. The van der Waals surface area contributed by atoms with Crippen LogP contribution in [0.3, 0.4) is 0 Å². The molecule has 0 aliphatic heterocycles. The molecule has 0 radical (unpaired) electrons. The van der Waals surface area contributed by atoms with Crippen LogP contribution in [0.5, 0.6) is 0 Å². The number of aromatic nitrogens is 2. The number of carbonyl (C=O) groups excluding carboxylic acids is 1. The standard InChI is InChI=1S/C23H30ClN5O/c1-14-13-25-23(28-21(14)29(2)3)27-18-10-8-17(9-11-18)26-22(30)20-12-19(20)15-4-6-16(24)7-5-15/h4-7,13,17-20H,8-12H2,1-3H3,(H,26,30)(H,25,27,28)/t17-,18+,19?,20?. The Balaban J connectivity index is 1.24. The number of rotatable bonds is 6. The molecule has 1 aromatic heterocycles. The molecule has 1 amide bonds. The maximum absolute atomic E-state index is 12.7. The van der Waals surface area contributed by atoms with Crippen LogP contribution in [0.2, 0.25) is 5.02 Å². The summed E-state index contributed by atoms with van der Waals surface area (Å²) >= 11 is 5.96. The van der Waals surface area contributed by atoms with Gasteiger partial charge < -0.3 is 15.5 Å². The first kappa shape index (κ1) is 20.9. The van der Waals surface area contributed by atoms with Gasteiger partial charge in [0.1, 0.15) is 5.82 Å². The van der Waals surface area contributed by atoms with E-state index in [1.165, 1.54) is 5.56 Å². The van der Waals surface area contributed by atoms with Crippen LogP contribution >= 0.6 is 11.6 Å². The summed E-state index contributed by atoms with van der Waals surface area (Å²) in [5.74, 6) is 2.26. The molecule has 2 atom stereocenters. The van der Waals surface area contributed by atoms with Crippen molar-refractivity contribution >= 4 is 29.3 Å². The normalized spacial score (nSPS) is 25.5. The van der Waals surface area contributed by atoms with E-state index in [1.807, 2.05) is 56.4 Å². The maximum Gasteiger partial charge on any atom is 0.224 e. The summed E-state index contributed by atoms with van der Waals surface area (Å²) in [6.07, 6.45) is 6.77. The zero-order valence-electron chi connectivity index (χ0n) is 17.9. The molecular weight excluding hydrogens is 398 g/mol. The monoisotopic (exact) mass is 427 g/mol. The van der Waals surface area contributed by atoms with Gasteiger partial charge in [0.15, 0.2) is 0 Å². The van der Waals surface area contributed by atoms with E-state index in [2.05, 4.69) is 20.6 Å². The molecule has 4 rings (SSSR count).